The predicted octanol–water partition coefficient (Wildman–Crippen LogP) is 3.12. The minimum Gasteiger partial charge on any atom is -0.497 e. The minimum absolute atomic E-state index is 0.00450. The molecule has 3 rings (SSSR count). The second kappa shape index (κ2) is 8.07. The molecule has 1 aliphatic rings. The molecule has 1 aromatic heterocycles. The van der Waals surface area contributed by atoms with Crippen molar-refractivity contribution >= 4 is 5.91 Å². The molecule has 1 amide bonds. The van der Waals surface area contributed by atoms with Crippen molar-refractivity contribution in [1.29, 1.82) is 0 Å². The molecule has 0 aliphatic carbocycles. The Labute approximate surface area is 147 Å². The zero-order chi connectivity index (χ0) is 17.6. The first-order valence-corrected chi connectivity index (χ1v) is 8.36. The number of methoxy groups -OCH3 is 2. The maximum Gasteiger partial charge on any atom is 0.289 e. The highest BCUT2D eigenvalue weighted by Gasteiger charge is 2.26. The minimum atomic E-state index is -0.0821. The van der Waals surface area contributed by atoms with Gasteiger partial charge in [-0.3, -0.25) is 4.79 Å². The second-order valence-corrected chi connectivity index (χ2v) is 6.02. The molecule has 6 nitrogen and oxygen atoms in total. The first kappa shape index (κ1) is 17.4. The summed E-state index contributed by atoms with van der Waals surface area (Å²) in [5.41, 5.74) is 0.977. The van der Waals surface area contributed by atoms with Gasteiger partial charge in [0, 0.05) is 19.2 Å². The molecule has 0 N–H and O–H groups in total. The highest BCUT2D eigenvalue weighted by Crippen LogP contribution is 2.24. The van der Waals surface area contributed by atoms with E-state index in [4.69, 9.17) is 18.6 Å². The summed E-state index contributed by atoms with van der Waals surface area (Å²) in [6.45, 7) is 1.74. The van der Waals surface area contributed by atoms with Crippen LogP contribution in [0.1, 0.15) is 29.0 Å². The van der Waals surface area contributed by atoms with E-state index in [0.29, 0.717) is 18.9 Å². The molecule has 0 spiro atoms. The van der Waals surface area contributed by atoms with Gasteiger partial charge in [-0.25, -0.2) is 0 Å². The Balaban J connectivity index is 1.59. The molecule has 1 atom stereocenters. The van der Waals surface area contributed by atoms with E-state index in [1.807, 2.05) is 18.2 Å². The first-order chi connectivity index (χ1) is 12.2. The number of carbonyl (C=O) groups excluding carboxylic acids is 1. The molecule has 1 aromatic carbocycles. The number of hydrogen-bond acceptors (Lipinski definition) is 5. The number of benzene rings is 1. The normalized spacial score (nSPS) is 17.4. The second-order valence-electron chi connectivity index (χ2n) is 6.02. The molecule has 1 saturated heterocycles. The number of amides is 1. The van der Waals surface area contributed by atoms with E-state index in [9.17, 15) is 4.79 Å². The number of ether oxygens (including phenoxy) is 3. The predicted molar refractivity (Wildman–Crippen MR) is 92.0 cm³/mol. The van der Waals surface area contributed by atoms with Crippen molar-refractivity contribution in [2.24, 2.45) is 0 Å². The Morgan fingerprint density at radius 3 is 2.64 bits per heavy atom. The highest BCUT2D eigenvalue weighted by molar-refractivity contribution is 5.91. The van der Waals surface area contributed by atoms with Crippen LogP contribution >= 0.6 is 0 Å². The van der Waals surface area contributed by atoms with Gasteiger partial charge in [-0.2, -0.15) is 0 Å². The van der Waals surface area contributed by atoms with Crippen LogP contribution in [0.5, 0.6) is 11.5 Å². The van der Waals surface area contributed by atoms with E-state index in [1.54, 1.807) is 31.3 Å². The van der Waals surface area contributed by atoms with Crippen molar-refractivity contribution < 1.29 is 23.4 Å². The molecule has 25 heavy (non-hydrogen) atoms. The molecule has 1 fully saturated rings. The van der Waals surface area contributed by atoms with E-state index in [1.165, 1.54) is 6.26 Å². The topological polar surface area (TPSA) is 61.1 Å². The zero-order valence-corrected chi connectivity index (χ0v) is 14.6. The fraction of sp³-hybridized carbons (Fsp3) is 0.421. The number of hydrogen-bond donors (Lipinski definition) is 0. The van der Waals surface area contributed by atoms with Crippen LogP contribution in [0.2, 0.25) is 0 Å². The van der Waals surface area contributed by atoms with Crippen molar-refractivity contribution in [3.8, 4) is 11.5 Å². The standard InChI is InChI=1S/C19H23NO5/c1-22-16-9-14(10-17(11-16)23-2)13-25-15-5-3-7-20(12-15)19(21)18-6-4-8-24-18/h4,6,8-11,15H,3,5,7,12-13H2,1-2H3. The Bertz CT molecular complexity index is 676. The molecular weight excluding hydrogens is 322 g/mol. The Hall–Kier alpha value is -2.47. The van der Waals surface area contributed by atoms with Crippen LogP contribution in [0, 0.1) is 0 Å². The third-order valence-corrected chi connectivity index (χ3v) is 4.29. The number of rotatable bonds is 6. The van der Waals surface area contributed by atoms with Gasteiger partial charge in [0.05, 0.1) is 33.2 Å². The Morgan fingerprint density at radius 1 is 1.24 bits per heavy atom. The van der Waals surface area contributed by atoms with Crippen molar-refractivity contribution in [3.63, 3.8) is 0 Å². The van der Waals surface area contributed by atoms with Gasteiger partial charge in [0.1, 0.15) is 11.5 Å². The summed E-state index contributed by atoms with van der Waals surface area (Å²) in [5, 5.41) is 0. The highest BCUT2D eigenvalue weighted by atomic mass is 16.5. The van der Waals surface area contributed by atoms with Crippen LogP contribution in [0.4, 0.5) is 0 Å². The molecule has 0 bridgehead atoms. The smallest absolute Gasteiger partial charge is 0.289 e. The van der Waals surface area contributed by atoms with Gasteiger partial charge >= 0.3 is 0 Å². The number of piperidine rings is 1. The quantitative estimate of drug-likeness (QED) is 0.805. The van der Waals surface area contributed by atoms with Crippen molar-refractivity contribution in [2.45, 2.75) is 25.6 Å². The van der Waals surface area contributed by atoms with Crippen LogP contribution in [0.25, 0.3) is 0 Å². The molecule has 134 valence electrons. The van der Waals surface area contributed by atoms with Crippen LogP contribution < -0.4 is 9.47 Å². The lowest BCUT2D eigenvalue weighted by Crippen LogP contribution is -2.43. The van der Waals surface area contributed by atoms with Gasteiger partial charge in [0.25, 0.3) is 5.91 Å². The third kappa shape index (κ3) is 4.33. The molecule has 2 aromatic rings. The van der Waals surface area contributed by atoms with Crippen molar-refractivity contribution in [1.82, 2.24) is 4.90 Å². The largest absolute Gasteiger partial charge is 0.497 e. The Kier molecular flexibility index (Phi) is 5.60. The molecule has 0 radical (unpaired) electrons. The van der Waals surface area contributed by atoms with E-state index < -0.39 is 0 Å². The van der Waals surface area contributed by atoms with Crippen LogP contribution in [0.3, 0.4) is 0 Å². The van der Waals surface area contributed by atoms with Gasteiger partial charge in [-0.15, -0.1) is 0 Å². The molecule has 2 heterocycles. The van der Waals surface area contributed by atoms with Gasteiger partial charge in [-0.05, 0) is 42.7 Å². The van der Waals surface area contributed by atoms with Crippen LogP contribution in [0.15, 0.2) is 41.0 Å². The number of carbonyl (C=O) groups is 1. The van der Waals surface area contributed by atoms with Gasteiger partial charge < -0.3 is 23.5 Å². The van der Waals surface area contributed by atoms with Gasteiger partial charge in [0.15, 0.2) is 5.76 Å². The van der Waals surface area contributed by atoms with Crippen molar-refractivity contribution in [3.05, 3.63) is 47.9 Å². The average molecular weight is 345 g/mol. The van der Waals surface area contributed by atoms with E-state index in [0.717, 1.165) is 36.4 Å². The lowest BCUT2D eigenvalue weighted by molar-refractivity contribution is -0.00761. The van der Waals surface area contributed by atoms with Crippen molar-refractivity contribution in [2.75, 3.05) is 27.3 Å². The van der Waals surface area contributed by atoms with E-state index in [-0.39, 0.29) is 12.0 Å². The summed E-state index contributed by atoms with van der Waals surface area (Å²) in [6.07, 6.45) is 3.37. The SMILES string of the molecule is COc1cc(COC2CCCN(C(=O)c3ccco3)C2)cc(OC)c1. The van der Waals surface area contributed by atoms with E-state index in [2.05, 4.69) is 0 Å². The lowest BCUT2D eigenvalue weighted by Gasteiger charge is -2.32. The molecule has 0 saturated carbocycles. The van der Waals surface area contributed by atoms with Crippen LogP contribution in [-0.2, 0) is 11.3 Å². The number of nitrogens with zero attached hydrogens (tertiary/aromatic N) is 1. The number of likely N-dealkylation sites (tertiary alicyclic amines) is 1. The monoisotopic (exact) mass is 345 g/mol. The molecule has 6 heteroatoms. The summed E-state index contributed by atoms with van der Waals surface area (Å²) in [5.74, 6) is 1.76. The first-order valence-electron chi connectivity index (χ1n) is 8.36. The summed E-state index contributed by atoms with van der Waals surface area (Å²) < 4.78 is 21.8. The third-order valence-electron chi connectivity index (χ3n) is 4.29. The van der Waals surface area contributed by atoms with Gasteiger partial charge in [-0.1, -0.05) is 0 Å². The molecule has 1 unspecified atom stereocenters. The zero-order valence-electron chi connectivity index (χ0n) is 14.6. The van der Waals surface area contributed by atoms with Gasteiger partial charge in [0.2, 0.25) is 0 Å². The maximum absolute atomic E-state index is 12.4. The summed E-state index contributed by atoms with van der Waals surface area (Å²) >= 11 is 0. The fourth-order valence-electron chi connectivity index (χ4n) is 2.98. The average Bonchev–Trinajstić information content (AvgIpc) is 3.20. The fourth-order valence-corrected chi connectivity index (χ4v) is 2.98. The summed E-state index contributed by atoms with van der Waals surface area (Å²) in [6, 6.07) is 9.10. The molecule has 1 aliphatic heterocycles. The Morgan fingerprint density at radius 2 is 2.00 bits per heavy atom. The summed E-state index contributed by atoms with van der Waals surface area (Å²) in [4.78, 5) is 14.2. The summed E-state index contributed by atoms with van der Waals surface area (Å²) in [7, 11) is 3.25. The maximum atomic E-state index is 12.4. The lowest BCUT2D eigenvalue weighted by atomic mass is 10.1. The number of furan rings is 1. The van der Waals surface area contributed by atoms with Crippen LogP contribution in [-0.4, -0.2) is 44.2 Å². The van der Waals surface area contributed by atoms with E-state index >= 15 is 0 Å². The molecular formula is C19H23NO5.